The number of amides is 1. The maximum Gasteiger partial charge on any atom is 0.220 e. The average molecular weight is 267 g/mol. The number of pyridine rings is 1. The predicted molar refractivity (Wildman–Crippen MR) is 78.4 cm³/mol. The van der Waals surface area contributed by atoms with E-state index >= 15 is 0 Å². The molecule has 0 bridgehead atoms. The summed E-state index contributed by atoms with van der Waals surface area (Å²) in [6.45, 7) is 1.37. The van der Waals surface area contributed by atoms with Crippen LogP contribution in [0.3, 0.4) is 0 Å². The summed E-state index contributed by atoms with van der Waals surface area (Å²) in [6.07, 6.45) is 4.02. The number of rotatable bonds is 4. The van der Waals surface area contributed by atoms with Gasteiger partial charge in [-0.25, -0.2) is 0 Å². The second kappa shape index (κ2) is 5.74. The van der Waals surface area contributed by atoms with Crippen LogP contribution in [0.4, 0.5) is 5.69 Å². The van der Waals surface area contributed by atoms with Crippen molar-refractivity contribution in [2.75, 3.05) is 11.9 Å². The van der Waals surface area contributed by atoms with Gasteiger partial charge in [-0.2, -0.15) is 0 Å². The number of benzene rings is 1. The first-order chi connectivity index (χ1) is 9.83. The Morgan fingerprint density at radius 3 is 3.05 bits per heavy atom. The van der Waals surface area contributed by atoms with Gasteiger partial charge in [-0.3, -0.25) is 9.78 Å². The van der Waals surface area contributed by atoms with E-state index in [9.17, 15) is 4.79 Å². The summed E-state index contributed by atoms with van der Waals surface area (Å²) in [7, 11) is 0. The second-order valence-electron chi connectivity index (χ2n) is 5.01. The van der Waals surface area contributed by atoms with Gasteiger partial charge in [0.25, 0.3) is 0 Å². The van der Waals surface area contributed by atoms with Gasteiger partial charge in [0.05, 0.1) is 0 Å². The number of aromatic nitrogens is 1. The fourth-order valence-electron chi connectivity index (χ4n) is 2.54. The molecule has 2 N–H and O–H groups in total. The fourth-order valence-corrected chi connectivity index (χ4v) is 2.54. The monoisotopic (exact) mass is 267 g/mol. The molecule has 102 valence electrons. The van der Waals surface area contributed by atoms with E-state index in [2.05, 4.69) is 27.8 Å². The highest BCUT2D eigenvalue weighted by molar-refractivity contribution is 5.78. The zero-order chi connectivity index (χ0) is 13.8. The predicted octanol–water partition coefficient (Wildman–Crippen LogP) is 2.30. The standard InChI is InChI=1S/C16H17N3O/c20-16(19-10-12-4-3-7-17-9-12)8-13-11-18-15-6-2-1-5-14(13)15/h1-7,9,13,18H,8,10-11H2,(H,19,20). The van der Waals surface area contributed by atoms with E-state index in [1.165, 1.54) is 5.56 Å². The molecule has 1 aliphatic rings. The summed E-state index contributed by atoms with van der Waals surface area (Å²) < 4.78 is 0. The van der Waals surface area contributed by atoms with Crippen LogP contribution < -0.4 is 10.6 Å². The average Bonchev–Trinajstić information content (AvgIpc) is 2.90. The summed E-state index contributed by atoms with van der Waals surface area (Å²) in [5.41, 5.74) is 3.41. The largest absolute Gasteiger partial charge is 0.384 e. The van der Waals surface area contributed by atoms with E-state index < -0.39 is 0 Å². The van der Waals surface area contributed by atoms with Crippen molar-refractivity contribution in [1.29, 1.82) is 0 Å². The zero-order valence-corrected chi connectivity index (χ0v) is 11.2. The molecule has 1 atom stereocenters. The second-order valence-corrected chi connectivity index (χ2v) is 5.01. The van der Waals surface area contributed by atoms with E-state index in [1.54, 1.807) is 12.4 Å². The number of hydrogen-bond donors (Lipinski definition) is 2. The number of carbonyl (C=O) groups is 1. The number of hydrogen-bond acceptors (Lipinski definition) is 3. The molecule has 2 heterocycles. The molecule has 2 aromatic rings. The Labute approximate surface area is 118 Å². The highest BCUT2D eigenvalue weighted by Crippen LogP contribution is 2.32. The topological polar surface area (TPSA) is 54.0 Å². The molecule has 4 nitrogen and oxygen atoms in total. The van der Waals surface area contributed by atoms with Gasteiger partial charge < -0.3 is 10.6 Å². The summed E-state index contributed by atoms with van der Waals surface area (Å²) in [6, 6.07) is 12.0. The van der Waals surface area contributed by atoms with Crippen LogP contribution in [0.5, 0.6) is 0 Å². The van der Waals surface area contributed by atoms with Crippen LogP contribution in [-0.2, 0) is 11.3 Å². The van der Waals surface area contributed by atoms with Crippen molar-refractivity contribution in [2.45, 2.75) is 18.9 Å². The van der Waals surface area contributed by atoms with Crippen LogP contribution in [0.2, 0.25) is 0 Å². The van der Waals surface area contributed by atoms with Gasteiger partial charge in [-0.05, 0) is 23.3 Å². The van der Waals surface area contributed by atoms with Crippen molar-refractivity contribution in [3.63, 3.8) is 0 Å². The molecule has 1 aromatic heterocycles. The van der Waals surface area contributed by atoms with Gasteiger partial charge in [0, 0.05) is 43.5 Å². The third kappa shape index (κ3) is 2.79. The molecule has 0 saturated heterocycles. The first-order valence-corrected chi connectivity index (χ1v) is 6.81. The maximum atomic E-state index is 12.0. The van der Waals surface area contributed by atoms with Gasteiger partial charge >= 0.3 is 0 Å². The molecule has 20 heavy (non-hydrogen) atoms. The first-order valence-electron chi connectivity index (χ1n) is 6.81. The zero-order valence-electron chi connectivity index (χ0n) is 11.2. The normalized spacial score (nSPS) is 16.3. The molecule has 0 radical (unpaired) electrons. The van der Waals surface area contributed by atoms with Crippen LogP contribution in [0.25, 0.3) is 0 Å². The number of fused-ring (bicyclic) bond motifs is 1. The van der Waals surface area contributed by atoms with Crippen LogP contribution in [0.1, 0.15) is 23.5 Å². The van der Waals surface area contributed by atoms with E-state index in [0.717, 1.165) is 17.8 Å². The Hall–Kier alpha value is -2.36. The lowest BCUT2D eigenvalue weighted by Crippen LogP contribution is -2.25. The number of nitrogens with one attached hydrogen (secondary N) is 2. The van der Waals surface area contributed by atoms with Crippen LogP contribution in [-0.4, -0.2) is 17.4 Å². The highest BCUT2D eigenvalue weighted by Gasteiger charge is 2.23. The Balaban J connectivity index is 1.55. The summed E-state index contributed by atoms with van der Waals surface area (Å²) in [5.74, 6) is 0.345. The SMILES string of the molecule is O=C(CC1CNc2ccccc21)NCc1cccnc1. The Morgan fingerprint density at radius 1 is 1.30 bits per heavy atom. The Kier molecular flexibility index (Phi) is 3.63. The number of nitrogens with zero attached hydrogens (tertiary/aromatic N) is 1. The van der Waals surface area contributed by atoms with Crippen LogP contribution in [0, 0.1) is 0 Å². The van der Waals surface area contributed by atoms with E-state index in [-0.39, 0.29) is 11.8 Å². The number of para-hydroxylation sites is 1. The van der Waals surface area contributed by atoms with Crippen molar-refractivity contribution < 1.29 is 4.79 Å². The fraction of sp³-hybridized carbons (Fsp3) is 0.250. The maximum absolute atomic E-state index is 12.0. The van der Waals surface area contributed by atoms with Crippen molar-refractivity contribution in [3.8, 4) is 0 Å². The molecule has 0 spiro atoms. The van der Waals surface area contributed by atoms with E-state index in [4.69, 9.17) is 0 Å². The van der Waals surface area contributed by atoms with E-state index in [0.29, 0.717) is 13.0 Å². The lowest BCUT2D eigenvalue weighted by molar-refractivity contribution is -0.121. The molecular formula is C16H17N3O. The third-order valence-electron chi connectivity index (χ3n) is 3.58. The number of anilines is 1. The lowest BCUT2D eigenvalue weighted by Gasteiger charge is -2.10. The van der Waals surface area contributed by atoms with Gasteiger partial charge in [0.15, 0.2) is 0 Å². The summed E-state index contributed by atoms with van der Waals surface area (Å²) in [4.78, 5) is 16.1. The minimum absolute atomic E-state index is 0.0809. The molecule has 1 aromatic carbocycles. The van der Waals surface area contributed by atoms with Crippen molar-refractivity contribution in [1.82, 2.24) is 10.3 Å². The van der Waals surface area contributed by atoms with Gasteiger partial charge in [0.1, 0.15) is 0 Å². The third-order valence-corrected chi connectivity index (χ3v) is 3.58. The number of carbonyl (C=O) groups excluding carboxylic acids is 1. The molecule has 4 heteroatoms. The van der Waals surface area contributed by atoms with Crippen molar-refractivity contribution >= 4 is 11.6 Å². The molecule has 1 unspecified atom stereocenters. The van der Waals surface area contributed by atoms with Crippen molar-refractivity contribution in [3.05, 3.63) is 59.9 Å². The van der Waals surface area contributed by atoms with Crippen LogP contribution >= 0.6 is 0 Å². The summed E-state index contributed by atoms with van der Waals surface area (Å²) in [5, 5.41) is 6.29. The van der Waals surface area contributed by atoms with Crippen molar-refractivity contribution in [2.24, 2.45) is 0 Å². The first kappa shape index (κ1) is 12.7. The summed E-state index contributed by atoms with van der Waals surface area (Å²) >= 11 is 0. The lowest BCUT2D eigenvalue weighted by atomic mass is 9.97. The van der Waals surface area contributed by atoms with Gasteiger partial charge in [-0.1, -0.05) is 24.3 Å². The Bertz CT molecular complexity index is 598. The van der Waals surface area contributed by atoms with E-state index in [1.807, 2.05) is 24.3 Å². The minimum atomic E-state index is 0.0809. The quantitative estimate of drug-likeness (QED) is 0.893. The highest BCUT2D eigenvalue weighted by atomic mass is 16.1. The molecule has 0 saturated carbocycles. The van der Waals surface area contributed by atoms with Gasteiger partial charge in [0.2, 0.25) is 5.91 Å². The minimum Gasteiger partial charge on any atom is -0.384 e. The molecule has 0 aliphatic carbocycles. The molecular weight excluding hydrogens is 250 g/mol. The molecule has 1 amide bonds. The Morgan fingerprint density at radius 2 is 2.20 bits per heavy atom. The molecule has 0 fully saturated rings. The van der Waals surface area contributed by atoms with Crippen LogP contribution in [0.15, 0.2) is 48.8 Å². The smallest absolute Gasteiger partial charge is 0.220 e. The molecule has 3 rings (SSSR count). The molecule has 1 aliphatic heterocycles. The van der Waals surface area contributed by atoms with Gasteiger partial charge in [-0.15, -0.1) is 0 Å².